The first-order valence-corrected chi connectivity index (χ1v) is 7.22. The van der Waals surface area contributed by atoms with Crippen molar-refractivity contribution in [2.45, 2.75) is 26.8 Å². The van der Waals surface area contributed by atoms with Crippen LogP contribution >= 0.6 is 11.6 Å². The number of rotatable bonds is 3. The summed E-state index contributed by atoms with van der Waals surface area (Å²) in [5, 5.41) is 3.76. The fourth-order valence-electron chi connectivity index (χ4n) is 1.91. The van der Waals surface area contributed by atoms with Crippen LogP contribution < -0.4 is 5.32 Å². The fourth-order valence-corrected chi connectivity index (χ4v) is 2.03. The van der Waals surface area contributed by atoms with Crippen molar-refractivity contribution in [3.05, 3.63) is 64.9 Å². The van der Waals surface area contributed by atoms with Crippen LogP contribution in [0.2, 0.25) is 5.02 Å². The quantitative estimate of drug-likeness (QED) is 0.931. The van der Waals surface area contributed by atoms with Crippen LogP contribution in [0.25, 0.3) is 0 Å². The maximum Gasteiger partial charge on any atom is 0.226 e. The number of carbonyl (C=O) groups excluding carboxylic acids is 1. The molecule has 3 nitrogen and oxygen atoms in total. The normalized spacial score (nSPS) is 12.8. The Hall–Kier alpha value is -1.87. The van der Waals surface area contributed by atoms with Crippen molar-refractivity contribution in [3.8, 4) is 0 Å². The molecular formula is C17H19ClN2O. The number of hydrogen-bond acceptors (Lipinski definition) is 2. The Balaban J connectivity index is 2.36. The molecule has 0 spiro atoms. The van der Waals surface area contributed by atoms with Gasteiger partial charge in [0.05, 0.1) is 6.04 Å². The topological polar surface area (TPSA) is 42.0 Å². The van der Waals surface area contributed by atoms with Crippen LogP contribution in [0.3, 0.4) is 0 Å². The smallest absolute Gasteiger partial charge is 0.226 e. The van der Waals surface area contributed by atoms with Gasteiger partial charge in [0.25, 0.3) is 0 Å². The lowest BCUT2D eigenvalue weighted by atomic mass is 9.93. The van der Waals surface area contributed by atoms with Gasteiger partial charge < -0.3 is 5.32 Å². The molecule has 1 amide bonds. The lowest BCUT2D eigenvalue weighted by Crippen LogP contribution is -2.37. The summed E-state index contributed by atoms with van der Waals surface area (Å²) in [5.74, 6) is -0.00805. The van der Waals surface area contributed by atoms with Gasteiger partial charge in [0, 0.05) is 22.8 Å². The number of benzene rings is 1. The Labute approximate surface area is 130 Å². The summed E-state index contributed by atoms with van der Waals surface area (Å²) < 4.78 is 0. The van der Waals surface area contributed by atoms with Gasteiger partial charge in [-0.2, -0.15) is 0 Å². The molecular weight excluding hydrogens is 284 g/mol. The molecule has 1 N–H and O–H groups in total. The molecule has 1 heterocycles. The van der Waals surface area contributed by atoms with Gasteiger partial charge in [0.2, 0.25) is 5.91 Å². The molecule has 2 aromatic rings. The third kappa shape index (κ3) is 4.05. The summed E-state index contributed by atoms with van der Waals surface area (Å²) in [6.07, 6.45) is 3.48. The third-order valence-corrected chi connectivity index (χ3v) is 3.43. The summed E-state index contributed by atoms with van der Waals surface area (Å²) in [6.45, 7) is 5.68. The molecule has 0 fully saturated rings. The van der Waals surface area contributed by atoms with E-state index in [-0.39, 0.29) is 11.9 Å². The van der Waals surface area contributed by atoms with Crippen LogP contribution in [0.1, 0.15) is 37.9 Å². The highest BCUT2D eigenvalue weighted by Gasteiger charge is 2.25. The zero-order valence-corrected chi connectivity index (χ0v) is 13.2. The van der Waals surface area contributed by atoms with E-state index < -0.39 is 5.41 Å². The van der Waals surface area contributed by atoms with Crippen LogP contribution in [-0.2, 0) is 4.79 Å². The average Bonchev–Trinajstić information content (AvgIpc) is 2.45. The van der Waals surface area contributed by atoms with E-state index in [1.807, 2.05) is 57.2 Å². The Kier molecular flexibility index (Phi) is 4.63. The van der Waals surface area contributed by atoms with Gasteiger partial charge in [-0.3, -0.25) is 9.78 Å². The van der Waals surface area contributed by atoms with E-state index in [9.17, 15) is 4.79 Å². The molecule has 0 aliphatic rings. The highest BCUT2D eigenvalue weighted by Crippen LogP contribution is 2.25. The van der Waals surface area contributed by atoms with Crippen molar-refractivity contribution in [3.63, 3.8) is 0 Å². The summed E-state index contributed by atoms with van der Waals surface area (Å²) in [6, 6.07) is 11.1. The summed E-state index contributed by atoms with van der Waals surface area (Å²) in [4.78, 5) is 16.5. The number of aromatic nitrogens is 1. The van der Waals surface area contributed by atoms with E-state index >= 15 is 0 Å². The molecule has 4 heteroatoms. The van der Waals surface area contributed by atoms with Gasteiger partial charge in [0.15, 0.2) is 0 Å². The van der Waals surface area contributed by atoms with E-state index in [4.69, 9.17) is 11.6 Å². The van der Waals surface area contributed by atoms with E-state index in [2.05, 4.69) is 10.3 Å². The van der Waals surface area contributed by atoms with Gasteiger partial charge in [-0.05, 0) is 29.3 Å². The predicted molar refractivity (Wildman–Crippen MR) is 85.1 cm³/mol. The average molecular weight is 303 g/mol. The van der Waals surface area contributed by atoms with Crippen LogP contribution in [0.4, 0.5) is 0 Å². The van der Waals surface area contributed by atoms with Gasteiger partial charge >= 0.3 is 0 Å². The second-order valence-corrected chi connectivity index (χ2v) is 6.43. The summed E-state index contributed by atoms with van der Waals surface area (Å²) in [5.41, 5.74) is 1.47. The molecule has 110 valence electrons. The van der Waals surface area contributed by atoms with Crippen molar-refractivity contribution < 1.29 is 4.79 Å². The van der Waals surface area contributed by atoms with Crippen molar-refractivity contribution in [2.75, 3.05) is 0 Å². The first kappa shape index (κ1) is 15.5. The lowest BCUT2D eigenvalue weighted by molar-refractivity contribution is -0.129. The minimum Gasteiger partial charge on any atom is -0.345 e. The predicted octanol–water partition coefficient (Wildman–Crippen LogP) is 3.99. The molecule has 0 aliphatic heterocycles. The molecule has 1 unspecified atom stereocenters. The highest BCUT2D eigenvalue weighted by atomic mass is 35.5. The van der Waals surface area contributed by atoms with Crippen LogP contribution in [-0.4, -0.2) is 10.9 Å². The first-order chi connectivity index (χ1) is 9.88. The monoisotopic (exact) mass is 302 g/mol. The van der Waals surface area contributed by atoms with E-state index in [0.29, 0.717) is 5.02 Å². The molecule has 2 rings (SSSR count). The van der Waals surface area contributed by atoms with E-state index in [1.54, 1.807) is 12.4 Å². The molecule has 0 bridgehead atoms. The van der Waals surface area contributed by atoms with Crippen molar-refractivity contribution in [1.82, 2.24) is 10.3 Å². The number of halogens is 1. The number of nitrogens with one attached hydrogen (secondary N) is 1. The summed E-state index contributed by atoms with van der Waals surface area (Å²) >= 11 is 5.94. The highest BCUT2D eigenvalue weighted by molar-refractivity contribution is 6.30. The molecule has 21 heavy (non-hydrogen) atoms. The van der Waals surface area contributed by atoms with Crippen molar-refractivity contribution >= 4 is 17.5 Å². The number of pyridine rings is 1. The molecule has 0 radical (unpaired) electrons. The van der Waals surface area contributed by atoms with Gasteiger partial charge in [0.1, 0.15) is 0 Å². The standard InChI is InChI=1S/C17H19ClN2O/c1-17(2,3)16(21)20-15(13-5-4-10-19-11-13)12-6-8-14(18)9-7-12/h4-11,15H,1-3H3,(H,20,21). The fraction of sp³-hybridized carbons (Fsp3) is 0.294. The zero-order chi connectivity index (χ0) is 15.5. The molecule has 0 saturated heterocycles. The first-order valence-electron chi connectivity index (χ1n) is 6.84. The lowest BCUT2D eigenvalue weighted by Gasteiger charge is -2.25. The molecule has 1 aromatic heterocycles. The number of amides is 1. The Morgan fingerprint density at radius 2 is 1.81 bits per heavy atom. The number of carbonyl (C=O) groups is 1. The Morgan fingerprint density at radius 3 is 2.33 bits per heavy atom. The van der Waals surface area contributed by atoms with Gasteiger partial charge in [-0.15, -0.1) is 0 Å². The minimum atomic E-state index is -0.452. The SMILES string of the molecule is CC(C)(C)C(=O)NC(c1ccc(Cl)cc1)c1cccnc1. The minimum absolute atomic E-state index is 0.00805. The summed E-state index contributed by atoms with van der Waals surface area (Å²) in [7, 11) is 0. The number of hydrogen-bond donors (Lipinski definition) is 1. The number of nitrogens with zero attached hydrogens (tertiary/aromatic N) is 1. The second-order valence-electron chi connectivity index (χ2n) is 5.99. The Morgan fingerprint density at radius 1 is 1.14 bits per heavy atom. The zero-order valence-electron chi connectivity index (χ0n) is 12.4. The second kappa shape index (κ2) is 6.27. The molecule has 1 atom stereocenters. The maximum atomic E-state index is 12.3. The van der Waals surface area contributed by atoms with Gasteiger partial charge in [-0.25, -0.2) is 0 Å². The van der Waals surface area contributed by atoms with Crippen molar-refractivity contribution in [2.24, 2.45) is 5.41 Å². The molecule has 0 saturated carbocycles. The van der Waals surface area contributed by atoms with E-state index in [1.165, 1.54) is 0 Å². The van der Waals surface area contributed by atoms with Crippen LogP contribution in [0.15, 0.2) is 48.8 Å². The third-order valence-electron chi connectivity index (χ3n) is 3.18. The van der Waals surface area contributed by atoms with Crippen molar-refractivity contribution in [1.29, 1.82) is 0 Å². The molecule has 1 aromatic carbocycles. The van der Waals surface area contributed by atoms with Crippen LogP contribution in [0, 0.1) is 5.41 Å². The molecule has 0 aliphatic carbocycles. The van der Waals surface area contributed by atoms with Gasteiger partial charge in [-0.1, -0.05) is 50.6 Å². The largest absolute Gasteiger partial charge is 0.345 e. The Bertz CT molecular complexity index is 603. The van der Waals surface area contributed by atoms with Crippen LogP contribution in [0.5, 0.6) is 0 Å². The van der Waals surface area contributed by atoms with E-state index in [0.717, 1.165) is 11.1 Å². The maximum absolute atomic E-state index is 12.3.